The Balaban J connectivity index is 1.64. The van der Waals surface area contributed by atoms with E-state index >= 15 is 0 Å². The van der Waals surface area contributed by atoms with Crippen LogP contribution in [-0.2, 0) is 0 Å². The van der Waals surface area contributed by atoms with Crippen molar-refractivity contribution in [3.8, 4) is 6.07 Å². The molecule has 1 amide bonds. The summed E-state index contributed by atoms with van der Waals surface area (Å²) < 4.78 is 0. The first-order valence-corrected chi connectivity index (χ1v) is 9.38. The second-order valence-electron chi connectivity index (χ2n) is 6.29. The zero-order chi connectivity index (χ0) is 20.6. The number of nitrogens with one attached hydrogen (secondary N) is 2. The van der Waals surface area contributed by atoms with Crippen LogP contribution >= 0.6 is 0 Å². The highest BCUT2D eigenvalue weighted by molar-refractivity contribution is 6.04. The highest BCUT2D eigenvalue weighted by Gasteiger charge is 2.09. The van der Waals surface area contributed by atoms with E-state index in [-0.39, 0.29) is 5.91 Å². The van der Waals surface area contributed by atoms with Gasteiger partial charge in [-0.3, -0.25) is 4.79 Å². The van der Waals surface area contributed by atoms with Crippen molar-refractivity contribution in [3.63, 3.8) is 0 Å². The fourth-order valence-corrected chi connectivity index (χ4v) is 2.85. The lowest BCUT2D eigenvalue weighted by molar-refractivity contribution is 0.102. The number of aromatic nitrogens is 2. The molecule has 0 saturated heterocycles. The molecule has 0 radical (unpaired) electrons. The normalized spacial score (nSPS) is 10.1. The first kappa shape index (κ1) is 19.8. The number of benzene rings is 2. The molecule has 1 heterocycles. The summed E-state index contributed by atoms with van der Waals surface area (Å²) in [6, 6.07) is 16.8. The number of nitrogens with zero attached hydrogens (tertiary/aromatic N) is 4. The van der Waals surface area contributed by atoms with E-state index < -0.39 is 0 Å². The largest absolute Gasteiger partial charge is 0.372 e. The molecule has 0 atom stereocenters. The Kier molecular flexibility index (Phi) is 6.38. The third-order valence-corrected chi connectivity index (χ3v) is 4.42. The van der Waals surface area contributed by atoms with Crippen LogP contribution < -0.4 is 15.5 Å². The van der Waals surface area contributed by atoms with Gasteiger partial charge in [-0.15, -0.1) is 0 Å². The van der Waals surface area contributed by atoms with Gasteiger partial charge in [0.2, 0.25) is 5.95 Å². The third kappa shape index (κ3) is 5.08. The molecule has 0 spiro atoms. The molecule has 146 valence electrons. The second kappa shape index (κ2) is 9.33. The maximum absolute atomic E-state index is 12.3. The van der Waals surface area contributed by atoms with Gasteiger partial charge in [0.05, 0.1) is 17.2 Å². The molecule has 2 N–H and O–H groups in total. The first-order chi connectivity index (χ1) is 14.1. The van der Waals surface area contributed by atoms with E-state index in [4.69, 9.17) is 5.26 Å². The fraction of sp³-hybridized carbons (Fsp3) is 0.182. The molecule has 2 aromatic carbocycles. The summed E-state index contributed by atoms with van der Waals surface area (Å²) in [5.41, 5.74) is 3.38. The summed E-state index contributed by atoms with van der Waals surface area (Å²) in [5, 5.41) is 14.8. The molecule has 7 heteroatoms. The van der Waals surface area contributed by atoms with E-state index in [1.165, 1.54) is 12.4 Å². The lowest BCUT2D eigenvalue weighted by atomic mass is 10.2. The average molecular weight is 386 g/mol. The van der Waals surface area contributed by atoms with Gasteiger partial charge in [0.1, 0.15) is 0 Å². The van der Waals surface area contributed by atoms with Crippen LogP contribution in [0.4, 0.5) is 23.0 Å². The molecule has 0 aliphatic carbocycles. The molecule has 29 heavy (non-hydrogen) atoms. The molecule has 0 saturated carbocycles. The molecule has 0 unspecified atom stereocenters. The standard InChI is InChI=1S/C22H22N6O/c1-3-28(4-2)20-10-8-18(9-11-20)27-22-24-14-17(15-25-22)21(29)26-19-7-5-6-16(12-19)13-23/h5-12,14-15H,3-4H2,1-2H3,(H,26,29)(H,24,25,27). The van der Waals surface area contributed by atoms with Crippen LogP contribution in [0, 0.1) is 11.3 Å². The lowest BCUT2D eigenvalue weighted by Crippen LogP contribution is -2.21. The zero-order valence-corrected chi connectivity index (χ0v) is 16.4. The van der Waals surface area contributed by atoms with Gasteiger partial charge in [-0.2, -0.15) is 5.26 Å². The molecule has 1 aromatic heterocycles. The van der Waals surface area contributed by atoms with Crippen molar-refractivity contribution in [2.75, 3.05) is 28.6 Å². The molecule has 0 fully saturated rings. The van der Waals surface area contributed by atoms with Crippen LogP contribution in [0.1, 0.15) is 29.8 Å². The minimum atomic E-state index is -0.338. The van der Waals surface area contributed by atoms with Crippen molar-refractivity contribution in [1.29, 1.82) is 5.26 Å². The van der Waals surface area contributed by atoms with E-state index in [9.17, 15) is 4.79 Å². The summed E-state index contributed by atoms with van der Waals surface area (Å²) in [6.45, 7) is 6.16. The number of carbonyl (C=O) groups is 1. The lowest BCUT2D eigenvalue weighted by Gasteiger charge is -2.21. The molecule has 3 rings (SSSR count). The number of amides is 1. The molecule has 0 bridgehead atoms. The van der Waals surface area contributed by atoms with E-state index in [1.807, 2.05) is 30.3 Å². The van der Waals surface area contributed by atoms with Crippen molar-refractivity contribution in [3.05, 3.63) is 72.1 Å². The number of rotatable bonds is 7. The fourth-order valence-electron chi connectivity index (χ4n) is 2.85. The molecule has 0 aliphatic heterocycles. The number of hydrogen-bond acceptors (Lipinski definition) is 6. The maximum Gasteiger partial charge on any atom is 0.258 e. The van der Waals surface area contributed by atoms with Crippen LogP contribution in [0.25, 0.3) is 0 Å². The Hall–Kier alpha value is -3.92. The van der Waals surface area contributed by atoms with Gasteiger partial charge in [0.25, 0.3) is 5.91 Å². The number of carbonyl (C=O) groups excluding carboxylic acids is 1. The minimum Gasteiger partial charge on any atom is -0.372 e. The highest BCUT2D eigenvalue weighted by atomic mass is 16.1. The van der Waals surface area contributed by atoms with Gasteiger partial charge in [-0.05, 0) is 56.3 Å². The van der Waals surface area contributed by atoms with Crippen LogP contribution in [0.2, 0.25) is 0 Å². The van der Waals surface area contributed by atoms with Gasteiger partial charge in [-0.25, -0.2) is 9.97 Å². The first-order valence-electron chi connectivity index (χ1n) is 9.38. The summed E-state index contributed by atoms with van der Waals surface area (Å²) >= 11 is 0. The average Bonchev–Trinajstić information content (AvgIpc) is 2.76. The van der Waals surface area contributed by atoms with E-state index in [0.717, 1.165) is 24.5 Å². The van der Waals surface area contributed by atoms with Gasteiger partial charge in [-0.1, -0.05) is 6.07 Å². The van der Waals surface area contributed by atoms with Gasteiger partial charge < -0.3 is 15.5 Å². The smallest absolute Gasteiger partial charge is 0.258 e. The zero-order valence-electron chi connectivity index (χ0n) is 16.4. The monoisotopic (exact) mass is 386 g/mol. The summed E-state index contributed by atoms with van der Waals surface area (Å²) in [7, 11) is 0. The van der Waals surface area contributed by atoms with Crippen LogP contribution in [0.15, 0.2) is 60.9 Å². The predicted molar refractivity (Wildman–Crippen MR) is 114 cm³/mol. The SMILES string of the molecule is CCN(CC)c1ccc(Nc2ncc(C(=O)Nc3cccc(C#N)c3)cn2)cc1. The second-order valence-corrected chi connectivity index (χ2v) is 6.29. The highest BCUT2D eigenvalue weighted by Crippen LogP contribution is 2.19. The third-order valence-electron chi connectivity index (χ3n) is 4.42. The predicted octanol–water partition coefficient (Wildman–Crippen LogP) is 4.19. The van der Waals surface area contributed by atoms with Crippen molar-refractivity contribution in [2.45, 2.75) is 13.8 Å². The summed E-state index contributed by atoms with van der Waals surface area (Å²) in [4.78, 5) is 23.0. The molecular weight excluding hydrogens is 364 g/mol. The number of nitriles is 1. The van der Waals surface area contributed by atoms with Gasteiger partial charge >= 0.3 is 0 Å². The van der Waals surface area contributed by atoms with Crippen molar-refractivity contribution in [2.24, 2.45) is 0 Å². The number of hydrogen-bond donors (Lipinski definition) is 2. The van der Waals surface area contributed by atoms with Gasteiger partial charge in [0.15, 0.2) is 0 Å². The molecular formula is C22H22N6O. The summed E-state index contributed by atoms with van der Waals surface area (Å²) in [6.07, 6.45) is 2.92. The van der Waals surface area contributed by atoms with Crippen LogP contribution in [-0.4, -0.2) is 29.0 Å². The Bertz CT molecular complexity index is 1000. The summed E-state index contributed by atoms with van der Waals surface area (Å²) in [5.74, 6) is 0.0684. The van der Waals surface area contributed by atoms with E-state index in [2.05, 4.69) is 39.3 Å². The van der Waals surface area contributed by atoms with Crippen molar-refractivity contribution >= 4 is 28.9 Å². The quantitative estimate of drug-likeness (QED) is 0.632. The van der Waals surface area contributed by atoms with Crippen molar-refractivity contribution in [1.82, 2.24) is 9.97 Å². The maximum atomic E-state index is 12.3. The molecule has 0 aliphatic rings. The molecule has 7 nitrogen and oxygen atoms in total. The Morgan fingerprint density at radius 1 is 1.03 bits per heavy atom. The van der Waals surface area contributed by atoms with Crippen LogP contribution in [0.3, 0.4) is 0 Å². The van der Waals surface area contributed by atoms with E-state index in [0.29, 0.717) is 22.8 Å². The molecule has 3 aromatic rings. The number of anilines is 4. The Labute approximate surface area is 170 Å². The van der Waals surface area contributed by atoms with Crippen LogP contribution in [0.5, 0.6) is 0 Å². The topological polar surface area (TPSA) is 93.9 Å². The minimum absolute atomic E-state index is 0.329. The Morgan fingerprint density at radius 2 is 1.72 bits per heavy atom. The Morgan fingerprint density at radius 3 is 2.34 bits per heavy atom. The van der Waals surface area contributed by atoms with Crippen molar-refractivity contribution < 1.29 is 4.79 Å². The van der Waals surface area contributed by atoms with Gasteiger partial charge in [0, 0.05) is 42.5 Å². The van der Waals surface area contributed by atoms with E-state index in [1.54, 1.807) is 24.3 Å².